The maximum Gasteiger partial charge on any atom is 0.150 e. The molecule has 3 N–H and O–H groups in total. The molecule has 0 atom stereocenters. The summed E-state index contributed by atoms with van der Waals surface area (Å²) in [6, 6.07) is 10.9. The number of nitrogens with two attached hydrogens (primary N) is 1. The minimum Gasteiger partial charge on any atom is -0.492 e. The highest BCUT2D eigenvalue weighted by Crippen LogP contribution is 2.28. The number of carbonyl (C=O) groups is 1. The van der Waals surface area contributed by atoms with Gasteiger partial charge in [-0.05, 0) is 43.3 Å². The fourth-order valence-corrected chi connectivity index (χ4v) is 2.22. The first-order chi connectivity index (χ1) is 10.2. The summed E-state index contributed by atoms with van der Waals surface area (Å²) in [7, 11) is 0. The van der Waals surface area contributed by atoms with Crippen LogP contribution in [0.15, 0.2) is 36.4 Å². The fraction of sp³-hybridized carbons (Fsp3) is 0.125. The molecule has 3 aromatic rings. The van der Waals surface area contributed by atoms with Crippen LogP contribution in [0.25, 0.3) is 22.4 Å². The molecule has 0 bridgehead atoms. The molecule has 0 amide bonds. The van der Waals surface area contributed by atoms with E-state index in [-0.39, 0.29) is 0 Å². The summed E-state index contributed by atoms with van der Waals surface area (Å²) < 4.78 is 5.42. The van der Waals surface area contributed by atoms with Crippen molar-refractivity contribution in [3.63, 3.8) is 0 Å². The number of carbonyl (C=O) groups excluding carboxylic acids is 1. The molecule has 1 aromatic heterocycles. The van der Waals surface area contributed by atoms with Crippen LogP contribution in [-0.4, -0.2) is 22.9 Å². The van der Waals surface area contributed by atoms with E-state index in [0.29, 0.717) is 29.4 Å². The molecule has 0 saturated carbocycles. The van der Waals surface area contributed by atoms with Crippen molar-refractivity contribution < 1.29 is 9.53 Å². The highest BCUT2D eigenvalue weighted by molar-refractivity contribution is 5.86. The summed E-state index contributed by atoms with van der Waals surface area (Å²) >= 11 is 0. The van der Waals surface area contributed by atoms with Crippen molar-refractivity contribution >= 4 is 23.0 Å². The lowest BCUT2D eigenvalue weighted by atomic mass is 10.2. The van der Waals surface area contributed by atoms with E-state index in [4.69, 9.17) is 10.5 Å². The van der Waals surface area contributed by atoms with E-state index in [9.17, 15) is 4.79 Å². The zero-order chi connectivity index (χ0) is 14.8. The largest absolute Gasteiger partial charge is 0.492 e. The van der Waals surface area contributed by atoms with Gasteiger partial charge in [-0.15, -0.1) is 0 Å². The molecule has 21 heavy (non-hydrogen) atoms. The van der Waals surface area contributed by atoms with Crippen molar-refractivity contribution in [1.29, 1.82) is 0 Å². The monoisotopic (exact) mass is 281 g/mol. The molecular weight excluding hydrogens is 266 g/mol. The number of hydrogen-bond acceptors (Lipinski definition) is 4. The van der Waals surface area contributed by atoms with Gasteiger partial charge in [-0.1, -0.05) is 0 Å². The van der Waals surface area contributed by atoms with E-state index in [2.05, 4.69) is 9.97 Å². The van der Waals surface area contributed by atoms with Crippen LogP contribution in [0.1, 0.15) is 17.3 Å². The summed E-state index contributed by atoms with van der Waals surface area (Å²) in [5.74, 6) is 1.38. The van der Waals surface area contributed by atoms with Crippen molar-refractivity contribution in [3.8, 4) is 17.1 Å². The third-order valence-corrected chi connectivity index (χ3v) is 3.23. The minimum atomic E-state index is 0.572. The molecule has 0 aliphatic heterocycles. The molecule has 0 radical (unpaired) electrons. The third kappa shape index (κ3) is 2.45. The molecule has 0 fully saturated rings. The number of aromatic nitrogens is 2. The number of fused-ring (bicyclic) bond motifs is 1. The normalized spacial score (nSPS) is 10.7. The van der Waals surface area contributed by atoms with Gasteiger partial charge in [0, 0.05) is 11.1 Å². The molecule has 0 unspecified atom stereocenters. The highest BCUT2D eigenvalue weighted by Gasteiger charge is 2.08. The smallest absolute Gasteiger partial charge is 0.150 e. The SMILES string of the molecule is CCOc1ccc(-c2nc3ccc(C=O)cc3[nH]2)cc1N. The van der Waals surface area contributed by atoms with E-state index < -0.39 is 0 Å². The average molecular weight is 281 g/mol. The molecule has 0 spiro atoms. The van der Waals surface area contributed by atoms with Crippen LogP contribution < -0.4 is 10.5 Å². The first-order valence-electron chi connectivity index (χ1n) is 6.69. The number of hydrogen-bond donors (Lipinski definition) is 2. The predicted octanol–water partition coefficient (Wildman–Crippen LogP) is 3.02. The zero-order valence-corrected chi connectivity index (χ0v) is 11.6. The zero-order valence-electron chi connectivity index (χ0n) is 11.6. The molecule has 1 heterocycles. The Morgan fingerprint density at radius 1 is 1.29 bits per heavy atom. The van der Waals surface area contributed by atoms with Crippen LogP contribution >= 0.6 is 0 Å². The lowest BCUT2D eigenvalue weighted by molar-refractivity contribution is 0.112. The number of aromatic amines is 1. The number of imidazole rings is 1. The second-order valence-electron chi connectivity index (χ2n) is 4.67. The summed E-state index contributed by atoms with van der Waals surface area (Å²) in [6.07, 6.45) is 0.814. The van der Waals surface area contributed by atoms with Gasteiger partial charge in [-0.2, -0.15) is 0 Å². The molecule has 0 aliphatic rings. The Morgan fingerprint density at radius 2 is 2.14 bits per heavy atom. The van der Waals surface area contributed by atoms with Gasteiger partial charge in [0.1, 0.15) is 17.9 Å². The van der Waals surface area contributed by atoms with E-state index in [0.717, 1.165) is 22.9 Å². The fourth-order valence-electron chi connectivity index (χ4n) is 2.22. The summed E-state index contributed by atoms with van der Waals surface area (Å²) in [4.78, 5) is 18.5. The van der Waals surface area contributed by atoms with Crippen LogP contribution in [0.5, 0.6) is 5.75 Å². The maximum atomic E-state index is 10.8. The van der Waals surface area contributed by atoms with Crippen molar-refractivity contribution in [1.82, 2.24) is 9.97 Å². The molecule has 2 aromatic carbocycles. The van der Waals surface area contributed by atoms with Crippen LogP contribution in [-0.2, 0) is 0 Å². The molecule has 106 valence electrons. The first-order valence-corrected chi connectivity index (χ1v) is 6.69. The Labute approximate surface area is 121 Å². The molecule has 5 heteroatoms. The number of nitrogen functional groups attached to an aromatic ring is 1. The first kappa shape index (κ1) is 13.2. The number of rotatable bonds is 4. The Kier molecular flexibility index (Phi) is 3.31. The lowest BCUT2D eigenvalue weighted by Gasteiger charge is -2.07. The Bertz CT molecular complexity index is 808. The van der Waals surface area contributed by atoms with Gasteiger partial charge in [0.05, 0.1) is 23.3 Å². The Hall–Kier alpha value is -2.82. The standard InChI is InChI=1S/C16H15N3O2/c1-2-21-15-6-4-11(8-12(15)17)16-18-13-5-3-10(9-20)7-14(13)19-16/h3-9H,2,17H2,1H3,(H,18,19). The molecule has 0 saturated heterocycles. The van der Waals surface area contributed by atoms with Crippen molar-refractivity contribution in [2.24, 2.45) is 0 Å². The van der Waals surface area contributed by atoms with E-state index in [1.165, 1.54) is 0 Å². The topological polar surface area (TPSA) is 81.0 Å². The predicted molar refractivity (Wildman–Crippen MR) is 82.5 cm³/mol. The van der Waals surface area contributed by atoms with Crippen molar-refractivity contribution in [3.05, 3.63) is 42.0 Å². The molecule has 0 aliphatic carbocycles. The number of aldehydes is 1. The molecular formula is C16H15N3O2. The van der Waals surface area contributed by atoms with Gasteiger partial charge in [-0.25, -0.2) is 4.98 Å². The Morgan fingerprint density at radius 3 is 2.86 bits per heavy atom. The Balaban J connectivity index is 2.03. The number of benzene rings is 2. The van der Waals surface area contributed by atoms with Crippen LogP contribution in [0.2, 0.25) is 0 Å². The summed E-state index contributed by atoms with van der Waals surface area (Å²) in [5.41, 5.74) is 9.66. The minimum absolute atomic E-state index is 0.572. The van der Waals surface area contributed by atoms with E-state index >= 15 is 0 Å². The molecule has 3 rings (SSSR count). The van der Waals surface area contributed by atoms with Gasteiger partial charge >= 0.3 is 0 Å². The summed E-state index contributed by atoms with van der Waals surface area (Å²) in [6.45, 7) is 2.49. The summed E-state index contributed by atoms with van der Waals surface area (Å²) in [5, 5.41) is 0. The van der Waals surface area contributed by atoms with Gasteiger partial charge in [0.2, 0.25) is 0 Å². The highest BCUT2D eigenvalue weighted by atomic mass is 16.5. The number of nitrogens with zero attached hydrogens (tertiary/aromatic N) is 1. The second-order valence-corrected chi connectivity index (χ2v) is 4.67. The lowest BCUT2D eigenvalue weighted by Crippen LogP contribution is -1.97. The number of ether oxygens (including phenoxy) is 1. The average Bonchev–Trinajstić information content (AvgIpc) is 2.92. The second kappa shape index (κ2) is 5.28. The van der Waals surface area contributed by atoms with Crippen LogP contribution in [0, 0.1) is 0 Å². The van der Waals surface area contributed by atoms with Crippen LogP contribution in [0.3, 0.4) is 0 Å². The van der Waals surface area contributed by atoms with E-state index in [1.807, 2.05) is 31.2 Å². The van der Waals surface area contributed by atoms with Gasteiger partial charge in [0.15, 0.2) is 0 Å². The van der Waals surface area contributed by atoms with Crippen LogP contribution in [0.4, 0.5) is 5.69 Å². The van der Waals surface area contributed by atoms with Gasteiger partial charge in [-0.3, -0.25) is 4.79 Å². The van der Waals surface area contributed by atoms with Gasteiger partial charge in [0.25, 0.3) is 0 Å². The molecule has 5 nitrogen and oxygen atoms in total. The van der Waals surface area contributed by atoms with Gasteiger partial charge < -0.3 is 15.5 Å². The van der Waals surface area contributed by atoms with Crippen molar-refractivity contribution in [2.45, 2.75) is 6.92 Å². The number of anilines is 1. The van der Waals surface area contributed by atoms with E-state index in [1.54, 1.807) is 12.1 Å². The number of nitrogens with one attached hydrogen (secondary N) is 1. The third-order valence-electron chi connectivity index (χ3n) is 3.23. The number of H-pyrrole nitrogens is 1. The van der Waals surface area contributed by atoms with Crippen molar-refractivity contribution in [2.75, 3.05) is 12.3 Å². The maximum absolute atomic E-state index is 10.8. The quantitative estimate of drug-likeness (QED) is 0.569.